The van der Waals surface area contributed by atoms with Crippen LogP contribution >= 0.6 is 15.6 Å². The van der Waals surface area contributed by atoms with Gasteiger partial charge in [0.15, 0.2) is 12.2 Å². The molecule has 3 N–H and O–H groups in total. The Morgan fingerprint density at radius 3 is 0.804 bits per heavy atom. The lowest BCUT2D eigenvalue weighted by atomic mass is 10.0. The van der Waals surface area contributed by atoms with Crippen LogP contribution in [0.3, 0.4) is 0 Å². The topological polar surface area (TPSA) is 237 Å². The maximum atomic E-state index is 13.1. The van der Waals surface area contributed by atoms with Crippen LogP contribution in [-0.2, 0) is 65.4 Å². The third-order valence-electron chi connectivity index (χ3n) is 16.7. The van der Waals surface area contributed by atoms with E-state index < -0.39 is 97.5 Å². The highest BCUT2D eigenvalue weighted by molar-refractivity contribution is 7.47. The van der Waals surface area contributed by atoms with Gasteiger partial charge in [0.05, 0.1) is 26.4 Å². The second-order valence-electron chi connectivity index (χ2n) is 26.7. The van der Waals surface area contributed by atoms with Gasteiger partial charge in [-0.25, -0.2) is 9.13 Å². The second-order valence-corrected chi connectivity index (χ2v) is 29.6. The van der Waals surface area contributed by atoms with Crippen molar-refractivity contribution in [1.82, 2.24) is 0 Å². The normalized spacial score (nSPS) is 14.5. The summed E-state index contributed by atoms with van der Waals surface area (Å²) >= 11 is 0. The van der Waals surface area contributed by atoms with Crippen molar-refractivity contribution in [3.8, 4) is 0 Å². The summed E-state index contributed by atoms with van der Waals surface area (Å²) in [5.41, 5.74) is 0. The number of ether oxygens (including phenoxy) is 4. The Hall–Kier alpha value is -4.28. The Balaban J connectivity index is 5.45. The summed E-state index contributed by atoms with van der Waals surface area (Å²) in [4.78, 5) is 72.9. The SMILES string of the molecule is CCCCC/C=C\C/C=C\C/C=C\C/C=C\CCCC(=O)O[C@H](COC(=O)CCCCCCC/C=C\CCCCCC)COP(=O)(O)OC[C@@H](O)COP(=O)(O)OC[C@@H](COC(=O)CCCCCCCCCCCCCCCCC)OC(=O)CCC/C=C\C/C=C\C/C=C\C/C=C\CCCCC. The zero-order valence-electron chi connectivity index (χ0n) is 64.3. The highest BCUT2D eigenvalue weighted by atomic mass is 31.2. The van der Waals surface area contributed by atoms with Crippen LogP contribution in [0.4, 0.5) is 0 Å². The minimum atomic E-state index is -5.00. The number of esters is 4. The number of unbranched alkanes of at least 4 members (excludes halogenated alkanes) is 31. The van der Waals surface area contributed by atoms with Crippen LogP contribution in [0.25, 0.3) is 0 Å². The van der Waals surface area contributed by atoms with E-state index in [0.717, 1.165) is 109 Å². The zero-order valence-corrected chi connectivity index (χ0v) is 66.0. The first kappa shape index (κ1) is 97.7. The number of carbonyl (C=O) groups is 4. The summed E-state index contributed by atoms with van der Waals surface area (Å²) < 4.78 is 68.5. The number of carbonyl (C=O) groups excluding carboxylic acids is 4. The maximum Gasteiger partial charge on any atom is 0.472 e. The lowest BCUT2D eigenvalue weighted by Gasteiger charge is -2.21. The van der Waals surface area contributed by atoms with Crippen molar-refractivity contribution >= 4 is 39.5 Å². The number of aliphatic hydroxyl groups excluding tert-OH is 1. The van der Waals surface area contributed by atoms with Crippen molar-refractivity contribution in [3.05, 3.63) is 109 Å². The van der Waals surface area contributed by atoms with E-state index in [2.05, 4.69) is 113 Å². The summed E-state index contributed by atoms with van der Waals surface area (Å²) in [6.45, 7) is 4.70. The number of hydrogen-bond acceptors (Lipinski definition) is 15. The van der Waals surface area contributed by atoms with Crippen LogP contribution in [0.15, 0.2) is 109 Å². The lowest BCUT2D eigenvalue weighted by molar-refractivity contribution is -0.161. The van der Waals surface area contributed by atoms with Crippen molar-refractivity contribution in [2.24, 2.45) is 0 Å². The van der Waals surface area contributed by atoms with Crippen molar-refractivity contribution in [1.29, 1.82) is 0 Å². The first-order chi connectivity index (χ1) is 49.7. The fourth-order valence-corrected chi connectivity index (χ4v) is 12.1. The lowest BCUT2D eigenvalue weighted by Crippen LogP contribution is -2.30. The van der Waals surface area contributed by atoms with E-state index in [0.29, 0.717) is 38.5 Å². The summed E-state index contributed by atoms with van der Waals surface area (Å²) in [7, 11) is -9.99. The van der Waals surface area contributed by atoms with Crippen LogP contribution in [-0.4, -0.2) is 96.7 Å². The highest BCUT2D eigenvalue weighted by Crippen LogP contribution is 2.45. The fraction of sp³-hybridized carbons (Fsp3) is 0.735. The molecule has 2 unspecified atom stereocenters. The summed E-state index contributed by atoms with van der Waals surface area (Å²) in [6, 6.07) is 0. The van der Waals surface area contributed by atoms with Crippen LogP contribution in [0, 0.1) is 0 Å². The van der Waals surface area contributed by atoms with E-state index in [1.54, 1.807) is 0 Å². The van der Waals surface area contributed by atoms with Gasteiger partial charge in [0.2, 0.25) is 0 Å². The molecule has 0 aromatic heterocycles. The predicted molar refractivity (Wildman–Crippen MR) is 418 cm³/mol. The third kappa shape index (κ3) is 74.0. The minimum Gasteiger partial charge on any atom is -0.462 e. The summed E-state index contributed by atoms with van der Waals surface area (Å²) in [5, 5.41) is 10.6. The standard InChI is InChI=1S/C83H144O17P2/c1-5-9-13-17-21-25-29-33-36-38-41-45-49-53-57-61-65-69-82(87)99-78(73-93-80(85)67-63-59-55-51-47-43-32-28-24-20-16-12-8-4)75-97-101(89,90)95-71-77(84)72-96-102(91,92)98-76-79(74-94-81(86)68-64-60-56-52-48-44-40-35-31-27-23-19-15-11-7-3)100-83(88)70-66-62-58-54-50-46-42-39-37-34-30-26-22-18-14-10-6-2/h21-22,25-26,28,32-34,36-37,41-42,45-46,53-54,57-58,77-79,84H,5-20,23-24,27,29-31,35,38-40,43-44,47-52,55-56,59-76H2,1-4H3,(H,89,90)(H,91,92)/b25-21-,26-22-,32-28-,36-33-,37-34-,45-41-,46-42-,57-53-,58-54-/t77-,78-,79-/m1/s1. The maximum absolute atomic E-state index is 13.1. The van der Waals surface area contributed by atoms with Crippen LogP contribution in [0.5, 0.6) is 0 Å². The molecule has 0 radical (unpaired) electrons. The molecule has 0 aromatic rings. The number of hydrogen-bond donors (Lipinski definition) is 3. The smallest absolute Gasteiger partial charge is 0.462 e. The van der Waals surface area contributed by atoms with E-state index in [1.807, 2.05) is 24.3 Å². The van der Waals surface area contributed by atoms with Gasteiger partial charge in [0.25, 0.3) is 0 Å². The van der Waals surface area contributed by atoms with Gasteiger partial charge in [-0.1, -0.05) is 291 Å². The van der Waals surface area contributed by atoms with Gasteiger partial charge in [-0.05, 0) is 128 Å². The molecule has 0 aliphatic heterocycles. The molecular weight excluding hydrogens is 1330 g/mol. The monoisotopic (exact) mass is 1470 g/mol. The Morgan fingerprint density at radius 1 is 0.275 bits per heavy atom. The van der Waals surface area contributed by atoms with Crippen molar-refractivity contribution in [2.75, 3.05) is 39.6 Å². The van der Waals surface area contributed by atoms with E-state index in [1.165, 1.54) is 135 Å². The number of phosphoric acid groups is 2. The number of allylic oxidation sites excluding steroid dienone is 18. The molecule has 102 heavy (non-hydrogen) atoms. The average molecular weight is 1480 g/mol. The molecule has 0 aliphatic rings. The van der Waals surface area contributed by atoms with Crippen molar-refractivity contribution < 1.29 is 80.2 Å². The molecular formula is C83H144O17P2. The molecule has 0 heterocycles. The predicted octanol–water partition coefficient (Wildman–Crippen LogP) is 23.3. The van der Waals surface area contributed by atoms with Crippen molar-refractivity contribution in [2.45, 2.75) is 354 Å². The molecule has 0 bridgehead atoms. The fourth-order valence-electron chi connectivity index (χ4n) is 10.6. The first-order valence-electron chi connectivity index (χ1n) is 40.1. The molecule has 0 spiro atoms. The van der Waals surface area contributed by atoms with Gasteiger partial charge in [-0.15, -0.1) is 0 Å². The largest absolute Gasteiger partial charge is 0.472 e. The Labute approximate surface area is 619 Å². The molecule has 19 heteroatoms. The number of phosphoric ester groups is 2. The summed E-state index contributed by atoms with van der Waals surface area (Å²) in [5.74, 6) is -2.30. The molecule has 17 nitrogen and oxygen atoms in total. The van der Waals surface area contributed by atoms with E-state index in [9.17, 15) is 43.2 Å². The molecule has 0 aliphatic carbocycles. The number of rotatable bonds is 75. The van der Waals surface area contributed by atoms with Crippen LogP contribution < -0.4 is 0 Å². The van der Waals surface area contributed by atoms with Crippen LogP contribution in [0.2, 0.25) is 0 Å². The molecule has 588 valence electrons. The quantitative estimate of drug-likeness (QED) is 0.0169. The molecule has 0 fully saturated rings. The van der Waals surface area contributed by atoms with Gasteiger partial charge >= 0.3 is 39.5 Å². The molecule has 0 aromatic carbocycles. The summed E-state index contributed by atoms with van der Waals surface area (Å²) in [6.07, 6.45) is 80.8. The molecule has 0 rings (SSSR count). The van der Waals surface area contributed by atoms with E-state index >= 15 is 0 Å². The van der Waals surface area contributed by atoms with Gasteiger partial charge in [0, 0.05) is 25.7 Å². The zero-order chi connectivity index (χ0) is 74.6. The van der Waals surface area contributed by atoms with Crippen LogP contribution in [0.1, 0.15) is 336 Å². The van der Waals surface area contributed by atoms with E-state index in [4.69, 9.17) is 37.0 Å². The molecule has 0 saturated carbocycles. The Bertz CT molecular complexity index is 2360. The third-order valence-corrected chi connectivity index (χ3v) is 18.6. The average Bonchev–Trinajstić information content (AvgIpc) is 1.01. The van der Waals surface area contributed by atoms with Crippen molar-refractivity contribution in [3.63, 3.8) is 0 Å². The van der Waals surface area contributed by atoms with Gasteiger partial charge < -0.3 is 33.8 Å². The highest BCUT2D eigenvalue weighted by Gasteiger charge is 2.30. The van der Waals surface area contributed by atoms with Gasteiger partial charge in [0.1, 0.15) is 19.3 Å². The van der Waals surface area contributed by atoms with Gasteiger partial charge in [-0.3, -0.25) is 37.3 Å². The molecule has 0 amide bonds. The molecule has 5 atom stereocenters. The second kappa shape index (κ2) is 75.0. The minimum absolute atomic E-state index is 0.0157. The molecule has 0 saturated heterocycles. The first-order valence-corrected chi connectivity index (χ1v) is 43.1. The van der Waals surface area contributed by atoms with E-state index in [-0.39, 0.29) is 25.7 Å². The van der Waals surface area contributed by atoms with Gasteiger partial charge in [-0.2, -0.15) is 0 Å². The number of aliphatic hydroxyl groups is 1. The Kier molecular flexibility index (Phi) is 71.8. The Morgan fingerprint density at radius 2 is 0.490 bits per heavy atom.